The molecule has 5 heteroatoms. The second-order valence-corrected chi connectivity index (χ2v) is 8.60. The summed E-state index contributed by atoms with van der Waals surface area (Å²) in [7, 11) is 1.60. The lowest BCUT2D eigenvalue weighted by atomic mass is 9.79. The zero-order chi connectivity index (χ0) is 21.8. The largest absolute Gasteiger partial charge is 0.497 e. The molecule has 0 spiro atoms. The van der Waals surface area contributed by atoms with E-state index in [0.29, 0.717) is 18.3 Å². The van der Waals surface area contributed by atoms with E-state index in [1.165, 1.54) is 11.6 Å². The number of carboxylic acids is 1. The topological polar surface area (TPSA) is 55.8 Å². The van der Waals surface area contributed by atoms with Crippen LogP contribution >= 0.6 is 0 Å². The summed E-state index contributed by atoms with van der Waals surface area (Å²) < 4.78 is 25.6. The first kappa shape index (κ1) is 21.4. The first-order chi connectivity index (χ1) is 15.0. The number of ether oxygens (including phenoxy) is 2. The van der Waals surface area contributed by atoms with E-state index >= 15 is 0 Å². The van der Waals surface area contributed by atoms with Crippen molar-refractivity contribution in [3.05, 3.63) is 65.0 Å². The van der Waals surface area contributed by atoms with Crippen molar-refractivity contribution >= 4 is 11.5 Å². The monoisotopic (exact) mass is 424 g/mol. The van der Waals surface area contributed by atoms with Gasteiger partial charge in [0.15, 0.2) is 0 Å². The van der Waals surface area contributed by atoms with Gasteiger partial charge < -0.3 is 14.6 Å². The molecule has 31 heavy (non-hydrogen) atoms. The third-order valence-electron chi connectivity index (χ3n) is 6.41. The molecule has 1 N–H and O–H groups in total. The molecule has 2 aromatic rings. The van der Waals surface area contributed by atoms with Gasteiger partial charge in [-0.15, -0.1) is 0 Å². The van der Waals surface area contributed by atoms with Crippen LogP contribution in [0, 0.1) is 11.7 Å². The van der Waals surface area contributed by atoms with E-state index in [1.807, 2.05) is 30.3 Å². The summed E-state index contributed by atoms with van der Waals surface area (Å²) in [4.78, 5) is 11.2. The lowest BCUT2D eigenvalue weighted by Gasteiger charge is -2.29. The summed E-state index contributed by atoms with van der Waals surface area (Å²) >= 11 is 0. The van der Waals surface area contributed by atoms with Gasteiger partial charge in [0.2, 0.25) is 0 Å². The van der Waals surface area contributed by atoms with E-state index in [9.17, 15) is 14.3 Å². The minimum atomic E-state index is -0.801. The zero-order valence-electron chi connectivity index (χ0n) is 17.9. The van der Waals surface area contributed by atoms with Gasteiger partial charge in [-0.1, -0.05) is 17.7 Å². The molecule has 0 heterocycles. The Morgan fingerprint density at radius 1 is 1.06 bits per heavy atom. The summed E-state index contributed by atoms with van der Waals surface area (Å²) in [6.45, 7) is 0.627. The zero-order valence-corrected chi connectivity index (χ0v) is 17.9. The number of rotatable bonds is 8. The van der Waals surface area contributed by atoms with Gasteiger partial charge in [0, 0.05) is 0 Å². The van der Waals surface area contributed by atoms with Crippen LogP contribution in [0.15, 0.2) is 48.0 Å². The van der Waals surface area contributed by atoms with Gasteiger partial charge in [0.25, 0.3) is 0 Å². The average molecular weight is 425 g/mol. The Kier molecular flexibility index (Phi) is 6.59. The van der Waals surface area contributed by atoms with Crippen molar-refractivity contribution in [2.45, 2.75) is 50.9 Å². The summed E-state index contributed by atoms with van der Waals surface area (Å²) in [5.74, 6) is 1.18. The van der Waals surface area contributed by atoms with Crippen molar-refractivity contribution in [1.29, 1.82) is 0 Å². The van der Waals surface area contributed by atoms with Crippen LogP contribution in [-0.4, -0.2) is 24.8 Å². The van der Waals surface area contributed by atoms with Crippen molar-refractivity contribution in [1.82, 2.24) is 0 Å². The highest BCUT2D eigenvalue weighted by molar-refractivity contribution is 5.86. The maximum absolute atomic E-state index is 14.3. The van der Waals surface area contributed by atoms with E-state index in [-0.39, 0.29) is 18.2 Å². The number of carboxylic acid groups (broad SMARTS) is 1. The second kappa shape index (κ2) is 9.54. The number of hydrogen-bond donors (Lipinski definition) is 1. The number of methoxy groups -OCH3 is 1. The first-order valence-corrected chi connectivity index (χ1v) is 11.0. The van der Waals surface area contributed by atoms with Crippen molar-refractivity contribution < 1.29 is 23.8 Å². The fraction of sp³-hybridized carbons (Fsp3) is 0.423. The van der Waals surface area contributed by atoms with E-state index in [4.69, 9.17) is 9.47 Å². The molecule has 2 fully saturated rings. The number of carbonyl (C=O) groups is 1. The molecule has 0 radical (unpaired) electrons. The molecule has 2 aromatic carbocycles. The number of allylic oxidation sites excluding steroid dienone is 1. The molecule has 4 nitrogen and oxygen atoms in total. The molecule has 0 aromatic heterocycles. The Hall–Kier alpha value is -2.82. The smallest absolute Gasteiger partial charge is 0.307 e. The molecule has 2 aliphatic carbocycles. The molecular formula is C26H29FO4. The average Bonchev–Trinajstić information content (AvgIpc) is 3.62. The lowest BCUT2D eigenvalue weighted by molar-refractivity contribution is -0.135. The standard InChI is InChI=1S/C26H29FO4/c1-30-21-11-12-25(27)24(14-21)19-7-5-17(6-8-19)16-31-22-4-2-3-20(13-22)23(15-26(28)29)18-9-10-18/h2-4,11-14,17,19H,5-10,15-16H2,1H3,(H,28,29)/t17-,19-. The molecular weight excluding hydrogens is 395 g/mol. The van der Waals surface area contributed by atoms with Crippen LogP contribution in [0.3, 0.4) is 0 Å². The summed E-state index contributed by atoms with van der Waals surface area (Å²) in [6, 6.07) is 12.8. The molecule has 0 unspecified atom stereocenters. The van der Waals surface area contributed by atoms with E-state index in [0.717, 1.165) is 61.0 Å². The second-order valence-electron chi connectivity index (χ2n) is 8.60. The predicted molar refractivity (Wildman–Crippen MR) is 118 cm³/mol. The quantitative estimate of drug-likeness (QED) is 0.547. The molecule has 4 rings (SSSR count). The minimum Gasteiger partial charge on any atom is -0.497 e. The maximum Gasteiger partial charge on any atom is 0.307 e. The normalized spacial score (nSPS) is 20.3. The van der Waals surface area contributed by atoms with Gasteiger partial charge in [-0.3, -0.25) is 4.79 Å². The SMILES string of the molecule is COc1ccc(F)c([C@H]2CC[C@H](COc3cccc(C(CC(=O)O)=C4CC4)c3)CC2)c1. The number of halogens is 1. The van der Waals surface area contributed by atoms with Gasteiger partial charge in [0.05, 0.1) is 20.1 Å². The molecule has 2 aliphatic rings. The Labute approximate surface area is 182 Å². The molecule has 164 valence electrons. The van der Waals surface area contributed by atoms with Gasteiger partial charge >= 0.3 is 5.97 Å². The maximum atomic E-state index is 14.3. The molecule has 0 aliphatic heterocycles. The summed E-state index contributed by atoms with van der Waals surface area (Å²) in [5.41, 5.74) is 3.87. The van der Waals surface area contributed by atoms with Gasteiger partial charge in [-0.2, -0.15) is 0 Å². The van der Waals surface area contributed by atoms with Crippen molar-refractivity contribution in [2.24, 2.45) is 5.92 Å². The van der Waals surface area contributed by atoms with Gasteiger partial charge in [-0.25, -0.2) is 4.39 Å². The fourth-order valence-corrected chi connectivity index (χ4v) is 4.54. The molecule has 0 bridgehead atoms. The van der Waals surface area contributed by atoms with Crippen LogP contribution in [0.2, 0.25) is 0 Å². The van der Waals surface area contributed by atoms with Crippen LogP contribution in [-0.2, 0) is 4.79 Å². The lowest BCUT2D eigenvalue weighted by Crippen LogP contribution is -2.20. The minimum absolute atomic E-state index is 0.0592. The molecule has 0 atom stereocenters. The predicted octanol–water partition coefficient (Wildman–Crippen LogP) is 6.21. The molecule has 2 saturated carbocycles. The van der Waals surface area contributed by atoms with Crippen LogP contribution in [0.1, 0.15) is 62.0 Å². The third-order valence-corrected chi connectivity index (χ3v) is 6.41. The van der Waals surface area contributed by atoms with Crippen molar-refractivity contribution in [2.75, 3.05) is 13.7 Å². The number of aliphatic carboxylic acids is 1. The Bertz CT molecular complexity index is 967. The van der Waals surface area contributed by atoms with Crippen LogP contribution in [0.25, 0.3) is 5.57 Å². The number of hydrogen-bond acceptors (Lipinski definition) is 3. The van der Waals surface area contributed by atoms with E-state index in [2.05, 4.69) is 0 Å². The van der Waals surface area contributed by atoms with Crippen molar-refractivity contribution in [3.8, 4) is 11.5 Å². The first-order valence-electron chi connectivity index (χ1n) is 11.0. The molecule has 0 amide bonds. The van der Waals surface area contributed by atoms with Crippen LogP contribution in [0.5, 0.6) is 11.5 Å². The number of benzene rings is 2. The summed E-state index contributed by atoms with van der Waals surface area (Å²) in [5, 5.41) is 9.22. The van der Waals surface area contributed by atoms with E-state index in [1.54, 1.807) is 13.2 Å². The molecule has 0 saturated heterocycles. The third kappa shape index (κ3) is 5.46. The Balaban J connectivity index is 1.33. The van der Waals surface area contributed by atoms with Gasteiger partial charge in [0.1, 0.15) is 17.3 Å². The highest BCUT2D eigenvalue weighted by Crippen LogP contribution is 2.40. The highest BCUT2D eigenvalue weighted by Gasteiger charge is 2.25. The Morgan fingerprint density at radius 3 is 2.52 bits per heavy atom. The van der Waals surface area contributed by atoms with Crippen LogP contribution < -0.4 is 9.47 Å². The van der Waals surface area contributed by atoms with Crippen LogP contribution in [0.4, 0.5) is 4.39 Å². The van der Waals surface area contributed by atoms with Crippen molar-refractivity contribution in [3.63, 3.8) is 0 Å². The highest BCUT2D eigenvalue weighted by atomic mass is 19.1. The Morgan fingerprint density at radius 2 is 1.84 bits per heavy atom. The fourth-order valence-electron chi connectivity index (χ4n) is 4.54. The summed E-state index contributed by atoms with van der Waals surface area (Å²) in [6.07, 6.45) is 5.91. The van der Waals surface area contributed by atoms with Gasteiger partial charge in [-0.05, 0) is 97.4 Å². The van der Waals surface area contributed by atoms with E-state index < -0.39 is 5.97 Å².